The molecule has 124 valence electrons. The molecule has 7 heteroatoms. The standard InChI is InChI=1S/C17H18FN5O/c1-17(2)14-15(20-6-5-19-14)23(16(17)24)12-7-11(8-12)22-13-4-3-10(18)9-21-13/h3-6,9,11-12H,7-8H2,1-2H3,(H,21,22)/t11-,12-. The molecule has 1 aliphatic carbocycles. The van der Waals surface area contributed by atoms with Gasteiger partial charge in [-0.2, -0.15) is 0 Å². The zero-order valence-electron chi connectivity index (χ0n) is 13.5. The second-order valence-corrected chi connectivity index (χ2v) is 6.86. The van der Waals surface area contributed by atoms with Crippen LogP contribution in [0.15, 0.2) is 30.7 Å². The molecule has 0 atom stereocenters. The Labute approximate surface area is 139 Å². The molecule has 1 N–H and O–H groups in total. The number of rotatable bonds is 3. The third kappa shape index (κ3) is 2.23. The Bertz CT molecular complexity index is 786. The molecule has 0 radical (unpaired) electrons. The monoisotopic (exact) mass is 327 g/mol. The SMILES string of the molecule is CC1(C)C(=O)N([C@H]2C[C@H](Nc3ccc(F)cn3)C2)c2nccnc21. The summed E-state index contributed by atoms with van der Waals surface area (Å²) in [6, 6.07) is 3.31. The fraction of sp³-hybridized carbons (Fsp3) is 0.412. The molecule has 0 spiro atoms. The Kier molecular flexibility index (Phi) is 3.26. The highest BCUT2D eigenvalue weighted by Gasteiger charge is 2.51. The van der Waals surface area contributed by atoms with Crippen molar-refractivity contribution in [2.75, 3.05) is 10.2 Å². The van der Waals surface area contributed by atoms with Crippen molar-refractivity contribution in [3.05, 3.63) is 42.2 Å². The molecule has 24 heavy (non-hydrogen) atoms. The lowest BCUT2D eigenvalue weighted by molar-refractivity contribution is -0.123. The van der Waals surface area contributed by atoms with Gasteiger partial charge in [-0.05, 0) is 38.8 Å². The number of halogens is 1. The predicted octanol–water partition coefficient (Wildman–Crippen LogP) is 2.28. The van der Waals surface area contributed by atoms with Crippen molar-refractivity contribution in [3.63, 3.8) is 0 Å². The molecule has 0 bridgehead atoms. The van der Waals surface area contributed by atoms with Gasteiger partial charge < -0.3 is 5.32 Å². The Morgan fingerprint density at radius 1 is 1.21 bits per heavy atom. The van der Waals surface area contributed by atoms with E-state index < -0.39 is 5.41 Å². The van der Waals surface area contributed by atoms with Gasteiger partial charge in [-0.25, -0.2) is 14.4 Å². The molecule has 6 nitrogen and oxygen atoms in total. The fourth-order valence-electron chi connectivity index (χ4n) is 3.37. The highest BCUT2D eigenvalue weighted by molar-refractivity contribution is 6.06. The minimum atomic E-state index is -0.638. The molecule has 2 aliphatic rings. The summed E-state index contributed by atoms with van der Waals surface area (Å²) in [6.07, 6.45) is 6.05. The number of pyridine rings is 1. The van der Waals surface area contributed by atoms with Gasteiger partial charge in [0.25, 0.3) is 0 Å². The molecular formula is C17H18FN5O. The van der Waals surface area contributed by atoms with E-state index in [0.29, 0.717) is 11.6 Å². The first kappa shape index (κ1) is 15.0. The first-order chi connectivity index (χ1) is 11.5. The normalized spacial score (nSPS) is 24.5. The molecule has 0 aromatic carbocycles. The number of carbonyl (C=O) groups is 1. The van der Waals surface area contributed by atoms with Crippen molar-refractivity contribution in [3.8, 4) is 0 Å². The van der Waals surface area contributed by atoms with Crippen molar-refractivity contribution >= 4 is 17.5 Å². The van der Waals surface area contributed by atoms with Crippen molar-refractivity contribution < 1.29 is 9.18 Å². The van der Waals surface area contributed by atoms with Crippen LogP contribution in [0.1, 0.15) is 32.4 Å². The summed E-state index contributed by atoms with van der Waals surface area (Å²) >= 11 is 0. The number of aromatic nitrogens is 3. The van der Waals surface area contributed by atoms with Crippen LogP contribution in [-0.4, -0.2) is 32.9 Å². The number of carbonyl (C=O) groups excluding carboxylic acids is 1. The average Bonchev–Trinajstić information content (AvgIpc) is 2.73. The molecule has 1 saturated carbocycles. The summed E-state index contributed by atoms with van der Waals surface area (Å²) in [6.45, 7) is 3.78. The van der Waals surface area contributed by atoms with E-state index >= 15 is 0 Å². The quantitative estimate of drug-likeness (QED) is 0.936. The minimum absolute atomic E-state index is 0.0482. The Morgan fingerprint density at radius 3 is 2.67 bits per heavy atom. The summed E-state index contributed by atoms with van der Waals surface area (Å²) in [5.41, 5.74) is 0.104. The molecule has 4 rings (SSSR count). The van der Waals surface area contributed by atoms with Crippen LogP contribution in [0.25, 0.3) is 0 Å². The first-order valence-corrected chi connectivity index (χ1v) is 8.00. The first-order valence-electron chi connectivity index (χ1n) is 8.00. The van der Waals surface area contributed by atoms with Crippen molar-refractivity contribution in [1.82, 2.24) is 15.0 Å². The number of amides is 1. The van der Waals surface area contributed by atoms with Crippen LogP contribution in [0.2, 0.25) is 0 Å². The number of nitrogens with zero attached hydrogens (tertiary/aromatic N) is 4. The van der Waals surface area contributed by atoms with Crippen LogP contribution in [0.4, 0.5) is 16.0 Å². The lowest BCUT2D eigenvalue weighted by Gasteiger charge is -2.41. The number of hydrogen-bond acceptors (Lipinski definition) is 5. The van der Waals surface area contributed by atoms with E-state index in [-0.39, 0.29) is 23.8 Å². The maximum absolute atomic E-state index is 12.9. The zero-order valence-corrected chi connectivity index (χ0v) is 13.5. The third-order valence-corrected chi connectivity index (χ3v) is 4.81. The molecule has 3 heterocycles. The lowest BCUT2D eigenvalue weighted by atomic mass is 9.84. The molecular weight excluding hydrogens is 309 g/mol. The fourth-order valence-corrected chi connectivity index (χ4v) is 3.37. The number of anilines is 2. The van der Waals surface area contributed by atoms with Gasteiger partial charge in [-0.1, -0.05) is 0 Å². The van der Waals surface area contributed by atoms with Crippen LogP contribution >= 0.6 is 0 Å². The van der Waals surface area contributed by atoms with Gasteiger partial charge in [0.2, 0.25) is 5.91 Å². The van der Waals surface area contributed by atoms with Crippen LogP contribution < -0.4 is 10.2 Å². The highest BCUT2D eigenvalue weighted by atomic mass is 19.1. The molecule has 0 unspecified atom stereocenters. The van der Waals surface area contributed by atoms with E-state index in [2.05, 4.69) is 20.3 Å². The molecule has 2 aromatic rings. The zero-order chi connectivity index (χ0) is 16.9. The van der Waals surface area contributed by atoms with Crippen LogP contribution in [0.3, 0.4) is 0 Å². The second kappa shape index (κ2) is 5.22. The smallest absolute Gasteiger partial charge is 0.240 e. The van der Waals surface area contributed by atoms with Crippen LogP contribution in [0, 0.1) is 5.82 Å². The van der Waals surface area contributed by atoms with Gasteiger partial charge in [0.05, 0.1) is 17.3 Å². The van der Waals surface area contributed by atoms with E-state index in [4.69, 9.17) is 0 Å². The number of hydrogen-bond donors (Lipinski definition) is 1. The lowest BCUT2D eigenvalue weighted by Crippen LogP contribution is -2.53. The van der Waals surface area contributed by atoms with Crippen molar-refractivity contribution in [2.45, 2.75) is 44.2 Å². The Hall–Kier alpha value is -2.57. The van der Waals surface area contributed by atoms with E-state index in [9.17, 15) is 9.18 Å². The molecule has 0 saturated heterocycles. The predicted molar refractivity (Wildman–Crippen MR) is 87.2 cm³/mol. The van der Waals surface area contributed by atoms with Crippen molar-refractivity contribution in [2.24, 2.45) is 0 Å². The van der Waals surface area contributed by atoms with Gasteiger partial charge in [0.15, 0.2) is 5.82 Å². The molecule has 2 aromatic heterocycles. The molecule has 1 fully saturated rings. The number of nitrogens with one attached hydrogen (secondary N) is 1. The van der Waals surface area contributed by atoms with E-state index in [1.54, 1.807) is 23.4 Å². The molecule has 1 aliphatic heterocycles. The summed E-state index contributed by atoms with van der Waals surface area (Å²) in [5.74, 6) is 1.02. The van der Waals surface area contributed by atoms with Gasteiger partial charge in [-0.3, -0.25) is 14.7 Å². The van der Waals surface area contributed by atoms with Crippen molar-refractivity contribution in [1.29, 1.82) is 0 Å². The van der Waals surface area contributed by atoms with Gasteiger partial charge >= 0.3 is 0 Å². The topological polar surface area (TPSA) is 71.0 Å². The van der Waals surface area contributed by atoms with Crippen LogP contribution in [-0.2, 0) is 10.2 Å². The maximum atomic E-state index is 12.9. The number of fused-ring (bicyclic) bond motifs is 1. The molecule has 1 amide bonds. The van der Waals surface area contributed by atoms with Gasteiger partial charge in [-0.15, -0.1) is 0 Å². The van der Waals surface area contributed by atoms with Gasteiger partial charge in [0.1, 0.15) is 11.6 Å². The minimum Gasteiger partial charge on any atom is -0.367 e. The Balaban J connectivity index is 1.47. The second-order valence-electron chi connectivity index (χ2n) is 6.86. The highest BCUT2D eigenvalue weighted by Crippen LogP contribution is 2.43. The van der Waals surface area contributed by atoms with E-state index in [0.717, 1.165) is 18.5 Å². The largest absolute Gasteiger partial charge is 0.367 e. The summed E-state index contributed by atoms with van der Waals surface area (Å²) in [7, 11) is 0. The maximum Gasteiger partial charge on any atom is 0.240 e. The Morgan fingerprint density at radius 2 is 1.96 bits per heavy atom. The van der Waals surface area contributed by atoms with E-state index in [1.807, 2.05) is 13.8 Å². The third-order valence-electron chi connectivity index (χ3n) is 4.81. The van der Waals surface area contributed by atoms with Gasteiger partial charge in [0, 0.05) is 24.5 Å². The summed E-state index contributed by atoms with van der Waals surface area (Å²) in [4.78, 5) is 27.3. The summed E-state index contributed by atoms with van der Waals surface area (Å²) in [5, 5.41) is 3.27. The average molecular weight is 327 g/mol. The van der Waals surface area contributed by atoms with Crippen LogP contribution in [0.5, 0.6) is 0 Å². The summed E-state index contributed by atoms with van der Waals surface area (Å²) < 4.78 is 12.9. The van der Waals surface area contributed by atoms with E-state index in [1.165, 1.54) is 12.3 Å².